The van der Waals surface area contributed by atoms with Crippen LogP contribution in [0.25, 0.3) is 0 Å². The summed E-state index contributed by atoms with van der Waals surface area (Å²) < 4.78 is 0. The zero-order valence-electron chi connectivity index (χ0n) is 19.0. The average molecular weight is 529 g/mol. The number of halogens is 1. The van der Waals surface area contributed by atoms with Crippen LogP contribution >= 0.6 is 24.0 Å². The lowest BCUT2D eigenvalue weighted by atomic mass is 10.0. The number of benzene rings is 1. The van der Waals surface area contributed by atoms with E-state index in [0.717, 1.165) is 64.9 Å². The predicted molar refractivity (Wildman–Crippen MR) is 138 cm³/mol. The van der Waals surface area contributed by atoms with Gasteiger partial charge in [-0.3, -0.25) is 14.8 Å². The number of likely N-dealkylation sites (tertiary alicyclic amines) is 1. The van der Waals surface area contributed by atoms with Crippen LogP contribution in [0.4, 0.5) is 0 Å². The van der Waals surface area contributed by atoms with E-state index in [1.54, 1.807) is 0 Å². The minimum absolute atomic E-state index is 0. The third kappa shape index (κ3) is 8.32. The molecule has 7 heteroatoms. The van der Waals surface area contributed by atoms with Crippen LogP contribution in [0.3, 0.4) is 0 Å². The Hall–Kier alpha value is -0.900. The van der Waals surface area contributed by atoms with Crippen molar-refractivity contribution >= 4 is 29.9 Å². The lowest BCUT2D eigenvalue weighted by Gasteiger charge is -2.36. The molecule has 2 aliphatic heterocycles. The highest BCUT2D eigenvalue weighted by atomic mass is 127. The molecular weight excluding hydrogens is 487 g/mol. The number of guanidine groups is 1. The number of hydrogen-bond acceptors (Lipinski definition) is 4. The smallest absolute Gasteiger partial charge is 0.191 e. The Morgan fingerprint density at radius 3 is 2.37 bits per heavy atom. The molecule has 2 N–H and O–H groups in total. The number of nitrogens with one attached hydrogen (secondary N) is 2. The predicted octanol–water partition coefficient (Wildman–Crippen LogP) is 2.46. The lowest BCUT2D eigenvalue weighted by Crippen LogP contribution is -2.50. The van der Waals surface area contributed by atoms with Crippen LogP contribution in [0.5, 0.6) is 0 Å². The molecule has 1 aromatic carbocycles. The maximum absolute atomic E-state index is 4.91. The molecule has 0 saturated carbocycles. The van der Waals surface area contributed by atoms with Gasteiger partial charge >= 0.3 is 0 Å². The minimum atomic E-state index is 0. The van der Waals surface area contributed by atoms with Gasteiger partial charge in [-0.15, -0.1) is 24.0 Å². The Kier molecular flexibility index (Phi) is 11.4. The van der Waals surface area contributed by atoms with Gasteiger partial charge in [-0.25, -0.2) is 0 Å². The Morgan fingerprint density at radius 2 is 1.73 bits per heavy atom. The molecule has 2 fully saturated rings. The fourth-order valence-electron chi connectivity index (χ4n) is 4.19. The summed E-state index contributed by atoms with van der Waals surface area (Å²) in [6.07, 6.45) is 2.34. The third-order valence-electron chi connectivity index (χ3n) is 6.20. The maximum atomic E-state index is 4.91. The normalized spacial score (nSPS) is 21.1. The Bertz CT molecular complexity index is 609. The quantitative estimate of drug-likeness (QED) is 0.324. The van der Waals surface area contributed by atoms with Crippen molar-refractivity contribution < 1.29 is 0 Å². The van der Waals surface area contributed by atoms with Gasteiger partial charge in [0.2, 0.25) is 0 Å². The Balaban J connectivity index is 0.00000320. The van der Waals surface area contributed by atoms with Crippen molar-refractivity contribution in [3.8, 4) is 0 Å². The van der Waals surface area contributed by atoms with E-state index in [9.17, 15) is 0 Å². The first-order chi connectivity index (χ1) is 14.1. The van der Waals surface area contributed by atoms with Crippen LogP contribution in [0.2, 0.25) is 0 Å². The molecule has 0 amide bonds. The highest BCUT2D eigenvalue weighted by Gasteiger charge is 2.21. The minimum Gasteiger partial charge on any atom is -0.357 e. The summed E-state index contributed by atoms with van der Waals surface area (Å²) in [7, 11) is 2.21. The van der Waals surface area contributed by atoms with Gasteiger partial charge in [0.1, 0.15) is 0 Å². The summed E-state index contributed by atoms with van der Waals surface area (Å²) in [4.78, 5) is 12.4. The molecule has 1 unspecified atom stereocenters. The van der Waals surface area contributed by atoms with Gasteiger partial charge in [-0.2, -0.15) is 0 Å². The maximum Gasteiger partial charge on any atom is 0.191 e. The van der Waals surface area contributed by atoms with Crippen molar-refractivity contribution in [2.24, 2.45) is 4.99 Å². The molecule has 2 heterocycles. The molecule has 0 aliphatic carbocycles. The van der Waals surface area contributed by atoms with Crippen molar-refractivity contribution in [1.82, 2.24) is 25.3 Å². The molecule has 0 radical (unpaired) electrons. The van der Waals surface area contributed by atoms with Crippen LogP contribution in [0.1, 0.15) is 32.3 Å². The van der Waals surface area contributed by atoms with E-state index in [1.165, 1.54) is 18.4 Å². The standard InChI is InChI=1S/C23H40N6.HI/c1-4-24-23(25-18-20(2)29-16-14-27(3)15-17-29)26-22-10-12-28(13-11-22)19-21-8-6-5-7-9-21;/h5-9,20,22H,4,10-19H2,1-3H3,(H2,24,25,26);1H. The SMILES string of the molecule is CCNC(=NCC(C)N1CCN(C)CC1)NC1CCN(Cc2ccccc2)CC1.I. The molecule has 3 rings (SSSR count). The molecule has 0 spiro atoms. The van der Waals surface area contributed by atoms with Gasteiger partial charge < -0.3 is 15.5 Å². The van der Waals surface area contributed by atoms with E-state index in [1.807, 2.05) is 0 Å². The Morgan fingerprint density at radius 1 is 1.07 bits per heavy atom. The monoisotopic (exact) mass is 528 g/mol. The van der Waals surface area contributed by atoms with Crippen LogP contribution in [0, 0.1) is 0 Å². The molecule has 0 bridgehead atoms. The Labute approximate surface area is 200 Å². The van der Waals surface area contributed by atoms with Gasteiger partial charge in [0.15, 0.2) is 5.96 Å². The summed E-state index contributed by atoms with van der Waals surface area (Å²) in [5.74, 6) is 0.981. The summed E-state index contributed by atoms with van der Waals surface area (Å²) in [5.41, 5.74) is 1.41. The molecule has 30 heavy (non-hydrogen) atoms. The number of piperazine rings is 1. The van der Waals surface area contributed by atoms with Crippen molar-refractivity contribution in [3.63, 3.8) is 0 Å². The summed E-state index contributed by atoms with van der Waals surface area (Å²) >= 11 is 0. The van der Waals surface area contributed by atoms with Crippen molar-refractivity contribution in [2.75, 3.05) is 59.4 Å². The summed E-state index contributed by atoms with van der Waals surface area (Å²) in [6, 6.07) is 11.8. The van der Waals surface area contributed by atoms with Crippen molar-refractivity contribution in [3.05, 3.63) is 35.9 Å². The largest absolute Gasteiger partial charge is 0.357 e. The van der Waals surface area contributed by atoms with Crippen LogP contribution < -0.4 is 10.6 Å². The van der Waals surface area contributed by atoms with E-state index in [4.69, 9.17) is 4.99 Å². The van der Waals surface area contributed by atoms with Gasteiger partial charge in [0, 0.05) is 64.4 Å². The highest BCUT2D eigenvalue weighted by Crippen LogP contribution is 2.14. The van der Waals surface area contributed by atoms with Gasteiger partial charge in [-0.05, 0) is 39.3 Å². The van der Waals surface area contributed by atoms with E-state index < -0.39 is 0 Å². The van der Waals surface area contributed by atoms with Crippen LogP contribution in [0.15, 0.2) is 35.3 Å². The topological polar surface area (TPSA) is 46.1 Å². The fraction of sp³-hybridized carbons (Fsp3) is 0.696. The van der Waals surface area contributed by atoms with Crippen molar-refractivity contribution in [1.29, 1.82) is 0 Å². The highest BCUT2D eigenvalue weighted by molar-refractivity contribution is 14.0. The van der Waals surface area contributed by atoms with E-state index >= 15 is 0 Å². The molecular formula is C23H41IN6. The lowest BCUT2D eigenvalue weighted by molar-refractivity contribution is 0.122. The number of likely N-dealkylation sites (N-methyl/N-ethyl adjacent to an activating group) is 1. The summed E-state index contributed by atoms with van der Waals surface area (Å²) in [5, 5.41) is 7.14. The number of nitrogens with zero attached hydrogens (tertiary/aromatic N) is 4. The molecule has 1 aromatic rings. The molecule has 170 valence electrons. The number of aliphatic imine (C=N–C) groups is 1. The van der Waals surface area contributed by atoms with Crippen LogP contribution in [-0.2, 0) is 6.54 Å². The first kappa shape index (κ1) is 25.4. The molecule has 2 saturated heterocycles. The summed E-state index contributed by atoms with van der Waals surface area (Å²) in [6.45, 7) is 14.2. The zero-order chi connectivity index (χ0) is 20.5. The second kappa shape index (κ2) is 13.5. The first-order valence-corrected chi connectivity index (χ1v) is 11.4. The molecule has 6 nitrogen and oxygen atoms in total. The van der Waals surface area contributed by atoms with E-state index in [2.05, 4.69) is 76.6 Å². The van der Waals surface area contributed by atoms with Gasteiger partial charge in [0.05, 0.1) is 6.54 Å². The second-order valence-electron chi connectivity index (χ2n) is 8.59. The van der Waals surface area contributed by atoms with Gasteiger partial charge in [0.25, 0.3) is 0 Å². The second-order valence-corrected chi connectivity index (χ2v) is 8.59. The third-order valence-corrected chi connectivity index (χ3v) is 6.20. The number of rotatable bonds is 7. The van der Waals surface area contributed by atoms with Gasteiger partial charge in [-0.1, -0.05) is 30.3 Å². The van der Waals surface area contributed by atoms with E-state index in [0.29, 0.717) is 12.1 Å². The average Bonchev–Trinajstić information content (AvgIpc) is 2.74. The van der Waals surface area contributed by atoms with Crippen LogP contribution in [-0.4, -0.2) is 92.1 Å². The molecule has 1 atom stereocenters. The van der Waals surface area contributed by atoms with Crippen molar-refractivity contribution in [2.45, 2.75) is 45.3 Å². The first-order valence-electron chi connectivity index (χ1n) is 11.4. The number of hydrogen-bond donors (Lipinski definition) is 2. The van der Waals surface area contributed by atoms with E-state index in [-0.39, 0.29) is 24.0 Å². The molecule has 2 aliphatic rings. The zero-order valence-corrected chi connectivity index (χ0v) is 21.3. The fourth-order valence-corrected chi connectivity index (χ4v) is 4.19. The molecule has 0 aromatic heterocycles. The number of piperidine rings is 1.